The fraction of sp³-hybridized carbons (Fsp3) is 1.00. The SMILES string of the molecule is CCCCCCOCCC(C)O. The Morgan fingerprint density at radius 1 is 1.17 bits per heavy atom. The summed E-state index contributed by atoms with van der Waals surface area (Å²) in [6.45, 7) is 5.55. The Hall–Kier alpha value is -0.0800. The van der Waals surface area contributed by atoms with Gasteiger partial charge in [0.25, 0.3) is 0 Å². The number of unbranched alkanes of at least 4 members (excludes halogenated alkanes) is 3. The molecule has 0 heterocycles. The molecule has 74 valence electrons. The molecule has 0 saturated heterocycles. The van der Waals surface area contributed by atoms with E-state index in [1.54, 1.807) is 6.92 Å². The maximum Gasteiger partial charge on any atom is 0.0534 e. The third kappa shape index (κ3) is 9.92. The molecule has 0 bridgehead atoms. The molecule has 0 rings (SSSR count). The van der Waals surface area contributed by atoms with E-state index in [4.69, 9.17) is 9.84 Å². The fourth-order valence-corrected chi connectivity index (χ4v) is 0.987. The average molecular weight is 174 g/mol. The molecule has 1 unspecified atom stereocenters. The first-order valence-electron chi connectivity index (χ1n) is 5.03. The van der Waals surface area contributed by atoms with Gasteiger partial charge in [-0.3, -0.25) is 0 Å². The maximum absolute atomic E-state index is 8.91. The zero-order chi connectivity index (χ0) is 9.23. The van der Waals surface area contributed by atoms with Gasteiger partial charge in [-0.15, -0.1) is 0 Å². The highest BCUT2D eigenvalue weighted by molar-refractivity contribution is 4.45. The molecule has 0 aliphatic carbocycles. The van der Waals surface area contributed by atoms with Gasteiger partial charge in [-0.25, -0.2) is 0 Å². The zero-order valence-electron chi connectivity index (χ0n) is 8.38. The summed E-state index contributed by atoms with van der Waals surface area (Å²) >= 11 is 0. The highest BCUT2D eigenvalue weighted by atomic mass is 16.5. The molecule has 0 saturated carbocycles. The molecule has 1 atom stereocenters. The summed E-state index contributed by atoms with van der Waals surface area (Å²) in [4.78, 5) is 0. The second kappa shape index (κ2) is 9.01. The summed E-state index contributed by atoms with van der Waals surface area (Å²) in [6.07, 6.45) is 5.54. The lowest BCUT2D eigenvalue weighted by Gasteiger charge is -2.05. The Balaban J connectivity index is 2.82. The van der Waals surface area contributed by atoms with Gasteiger partial charge in [0.1, 0.15) is 0 Å². The van der Waals surface area contributed by atoms with Crippen LogP contribution in [0.2, 0.25) is 0 Å². The minimum absolute atomic E-state index is 0.222. The Morgan fingerprint density at radius 2 is 1.92 bits per heavy atom. The summed E-state index contributed by atoms with van der Waals surface area (Å²) in [5.74, 6) is 0. The first kappa shape index (κ1) is 11.9. The zero-order valence-corrected chi connectivity index (χ0v) is 8.38. The van der Waals surface area contributed by atoms with Gasteiger partial charge in [0.15, 0.2) is 0 Å². The Kier molecular flexibility index (Phi) is 8.95. The average Bonchev–Trinajstić information content (AvgIpc) is 2.02. The van der Waals surface area contributed by atoms with Crippen molar-refractivity contribution in [3.8, 4) is 0 Å². The van der Waals surface area contributed by atoms with Crippen LogP contribution in [0.15, 0.2) is 0 Å². The first-order valence-corrected chi connectivity index (χ1v) is 5.03. The Bertz CT molecular complexity index is 81.9. The van der Waals surface area contributed by atoms with Crippen LogP contribution in [0.25, 0.3) is 0 Å². The van der Waals surface area contributed by atoms with Gasteiger partial charge >= 0.3 is 0 Å². The van der Waals surface area contributed by atoms with E-state index in [0.29, 0.717) is 6.61 Å². The lowest BCUT2D eigenvalue weighted by Crippen LogP contribution is -2.06. The van der Waals surface area contributed by atoms with Crippen molar-refractivity contribution in [3.63, 3.8) is 0 Å². The van der Waals surface area contributed by atoms with Gasteiger partial charge in [-0.05, 0) is 19.8 Å². The lowest BCUT2D eigenvalue weighted by molar-refractivity contribution is 0.0870. The highest BCUT2D eigenvalue weighted by Gasteiger charge is 1.94. The van der Waals surface area contributed by atoms with Gasteiger partial charge in [0.2, 0.25) is 0 Å². The van der Waals surface area contributed by atoms with Gasteiger partial charge < -0.3 is 9.84 Å². The molecule has 0 aromatic carbocycles. The van der Waals surface area contributed by atoms with Crippen LogP contribution in [-0.4, -0.2) is 24.4 Å². The minimum atomic E-state index is -0.222. The largest absolute Gasteiger partial charge is 0.393 e. The molecule has 0 fully saturated rings. The van der Waals surface area contributed by atoms with E-state index < -0.39 is 0 Å². The van der Waals surface area contributed by atoms with Crippen LogP contribution < -0.4 is 0 Å². The van der Waals surface area contributed by atoms with E-state index in [9.17, 15) is 0 Å². The van der Waals surface area contributed by atoms with Crippen LogP contribution in [0.4, 0.5) is 0 Å². The van der Waals surface area contributed by atoms with E-state index in [0.717, 1.165) is 19.4 Å². The van der Waals surface area contributed by atoms with E-state index in [-0.39, 0.29) is 6.10 Å². The van der Waals surface area contributed by atoms with Crippen molar-refractivity contribution in [2.45, 2.75) is 52.1 Å². The van der Waals surface area contributed by atoms with Crippen LogP contribution in [0.5, 0.6) is 0 Å². The first-order chi connectivity index (χ1) is 5.77. The molecule has 1 N–H and O–H groups in total. The van der Waals surface area contributed by atoms with E-state index >= 15 is 0 Å². The second-order valence-corrected chi connectivity index (χ2v) is 3.31. The predicted molar refractivity (Wildman–Crippen MR) is 51.3 cm³/mol. The van der Waals surface area contributed by atoms with E-state index in [1.807, 2.05) is 0 Å². The standard InChI is InChI=1S/C10H22O2/c1-3-4-5-6-8-12-9-7-10(2)11/h10-11H,3-9H2,1-2H3. The van der Waals surface area contributed by atoms with Crippen LogP contribution >= 0.6 is 0 Å². The quantitative estimate of drug-likeness (QED) is 0.572. The molecule has 2 nitrogen and oxygen atoms in total. The molecule has 0 aromatic rings. The topological polar surface area (TPSA) is 29.5 Å². The molecule has 0 aliphatic heterocycles. The van der Waals surface area contributed by atoms with Crippen molar-refractivity contribution in [1.29, 1.82) is 0 Å². The lowest BCUT2D eigenvalue weighted by atomic mass is 10.2. The summed E-state index contributed by atoms with van der Waals surface area (Å²) < 4.78 is 5.33. The van der Waals surface area contributed by atoms with Crippen molar-refractivity contribution < 1.29 is 9.84 Å². The van der Waals surface area contributed by atoms with Gasteiger partial charge in [0.05, 0.1) is 6.10 Å². The van der Waals surface area contributed by atoms with Crippen LogP contribution in [0, 0.1) is 0 Å². The smallest absolute Gasteiger partial charge is 0.0534 e. The van der Waals surface area contributed by atoms with Gasteiger partial charge in [-0.1, -0.05) is 26.2 Å². The molecule has 12 heavy (non-hydrogen) atoms. The van der Waals surface area contributed by atoms with Crippen LogP contribution in [0.1, 0.15) is 46.0 Å². The monoisotopic (exact) mass is 174 g/mol. The number of ether oxygens (including phenoxy) is 1. The third-order valence-electron chi connectivity index (χ3n) is 1.82. The number of hydrogen-bond donors (Lipinski definition) is 1. The number of hydrogen-bond acceptors (Lipinski definition) is 2. The van der Waals surface area contributed by atoms with Crippen molar-refractivity contribution >= 4 is 0 Å². The van der Waals surface area contributed by atoms with Gasteiger partial charge in [-0.2, -0.15) is 0 Å². The normalized spacial score (nSPS) is 13.2. The van der Waals surface area contributed by atoms with Crippen molar-refractivity contribution in [2.24, 2.45) is 0 Å². The highest BCUT2D eigenvalue weighted by Crippen LogP contribution is 1.99. The molecule has 0 radical (unpaired) electrons. The van der Waals surface area contributed by atoms with Crippen LogP contribution in [0.3, 0.4) is 0 Å². The summed E-state index contributed by atoms with van der Waals surface area (Å²) in [7, 11) is 0. The molecular weight excluding hydrogens is 152 g/mol. The Morgan fingerprint density at radius 3 is 2.50 bits per heavy atom. The number of rotatable bonds is 8. The fourth-order valence-electron chi connectivity index (χ4n) is 0.987. The second-order valence-electron chi connectivity index (χ2n) is 3.31. The maximum atomic E-state index is 8.91. The molecule has 0 aliphatic rings. The molecular formula is C10H22O2. The van der Waals surface area contributed by atoms with Gasteiger partial charge in [0, 0.05) is 13.2 Å². The summed E-state index contributed by atoms with van der Waals surface area (Å²) in [5.41, 5.74) is 0. The summed E-state index contributed by atoms with van der Waals surface area (Å²) in [6, 6.07) is 0. The minimum Gasteiger partial charge on any atom is -0.393 e. The predicted octanol–water partition coefficient (Wildman–Crippen LogP) is 2.35. The van der Waals surface area contributed by atoms with Crippen LogP contribution in [-0.2, 0) is 4.74 Å². The molecule has 0 spiro atoms. The molecule has 0 aromatic heterocycles. The van der Waals surface area contributed by atoms with E-state index in [1.165, 1.54) is 19.3 Å². The number of aliphatic hydroxyl groups excluding tert-OH is 1. The van der Waals surface area contributed by atoms with Crippen molar-refractivity contribution in [1.82, 2.24) is 0 Å². The third-order valence-corrected chi connectivity index (χ3v) is 1.82. The summed E-state index contributed by atoms with van der Waals surface area (Å²) in [5, 5.41) is 8.91. The molecule has 2 heteroatoms. The molecule has 0 amide bonds. The van der Waals surface area contributed by atoms with Crippen molar-refractivity contribution in [3.05, 3.63) is 0 Å². The Labute approximate surface area is 75.9 Å². The number of aliphatic hydroxyl groups is 1. The van der Waals surface area contributed by atoms with E-state index in [2.05, 4.69) is 6.92 Å². The van der Waals surface area contributed by atoms with Crippen molar-refractivity contribution in [2.75, 3.05) is 13.2 Å².